The maximum Gasteiger partial charge on any atom is 0.414 e. The minimum absolute atomic E-state index is 0.182. The zero-order valence-electron chi connectivity index (χ0n) is 17.0. The molecule has 0 bridgehead atoms. The van der Waals surface area contributed by atoms with Crippen LogP contribution < -0.4 is 4.74 Å². The third-order valence-corrected chi connectivity index (χ3v) is 4.81. The number of nitrogens with zero attached hydrogens (tertiary/aromatic N) is 3. The second-order valence-corrected chi connectivity index (χ2v) is 7.24. The predicted molar refractivity (Wildman–Crippen MR) is 113 cm³/mol. The Morgan fingerprint density at radius 2 is 1.62 bits per heavy atom. The van der Waals surface area contributed by atoms with Gasteiger partial charge in [0, 0.05) is 59.1 Å². The van der Waals surface area contributed by atoms with Gasteiger partial charge in [-0.3, -0.25) is 9.69 Å². The first kappa shape index (κ1) is 20.6. The Morgan fingerprint density at radius 3 is 2.31 bits per heavy atom. The lowest BCUT2D eigenvalue weighted by Gasteiger charge is -2.34. The fraction of sp³-hybridized carbons (Fsp3) is 0.304. The topological polar surface area (TPSA) is 53.1 Å². The van der Waals surface area contributed by atoms with Gasteiger partial charge in [0.05, 0.1) is 5.56 Å². The number of hydrogen-bond acceptors (Lipinski definition) is 5. The molecule has 29 heavy (non-hydrogen) atoms. The van der Waals surface area contributed by atoms with Crippen LogP contribution in [0.3, 0.4) is 0 Å². The quantitative estimate of drug-likeness (QED) is 0.557. The van der Waals surface area contributed by atoms with Crippen molar-refractivity contribution in [3.8, 4) is 5.75 Å². The fourth-order valence-corrected chi connectivity index (χ4v) is 3.12. The molecule has 0 aliphatic carbocycles. The Morgan fingerprint density at radius 1 is 0.966 bits per heavy atom. The van der Waals surface area contributed by atoms with Crippen molar-refractivity contribution in [2.75, 3.05) is 40.3 Å². The van der Waals surface area contributed by atoms with Crippen LogP contribution in [0.5, 0.6) is 5.75 Å². The summed E-state index contributed by atoms with van der Waals surface area (Å²) in [6, 6.07) is 17.2. The zero-order chi connectivity index (χ0) is 20.6. The highest BCUT2D eigenvalue weighted by Crippen LogP contribution is 2.20. The van der Waals surface area contributed by atoms with Crippen molar-refractivity contribution < 1.29 is 14.3 Å². The molecule has 2 aromatic rings. The van der Waals surface area contributed by atoms with E-state index in [4.69, 9.17) is 4.74 Å². The lowest BCUT2D eigenvalue weighted by molar-refractivity contribution is 0.104. The molecule has 0 atom stereocenters. The van der Waals surface area contributed by atoms with Crippen molar-refractivity contribution in [1.82, 2.24) is 14.7 Å². The zero-order valence-corrected chi connectivity index (χ0v) is 17.0. The first-order valence-electron chi connectivity index (χ1n) is 9.74. The van der Waals surface area contributed by atoms with E-state index < -0.39 is 6.09 Å². The van der Waals surface area contributed by atoms with Crippen LogP contribution in [0.2, 0.25) is 0 Å². The first-order chi connectivity index (χ1) is 14.0. The minimum Gasteiger partial charge on any atom is -0.409 e. The van der Waals surface area contributed by atoms with Crippen molar-refractivity contribution in [2.24, 2.45) is 0 Å². The third kappa shape index (κ3) is 5.93. The number of benzene rings is 2. The number of hydrogen-bond donors (Lipinski definition) is 0. The van der Waals surface area contributed by atoms with Crippen molar-refractivity contribution in [3.63, 3.8) is 0 Å². The minimum atomic E-state index is -0.510. The van der Waals surface area contributed by atoms with Crippen LogP contribution >= 0.6 is 0 Å². The smallest absolute Gasteiger partial charge is 0.409 e. The summed E-state index contributed by atoms with van der Waals surface area (Å²) in [5, 5.41) is 0. The number of para-hydroxylation sites is 1. The summed E-state index contributed by atoms with van der Waals surface area (Å²) in [5.74, 6) is 0.0902. The molecule has 1 fully saturated rings. The van der Waals surface area contributed by atoms with Crippen LogP contribution in [0, 0.1) is 0 Å². The number of piperazine rings is 1. The highest BCUT2D eigenvalue weighted by molar-refractivity contribution is 6.06. The van der Waals surface area contributed by atoms with Crippen LogP contribution in [0.15, 0.2) is 66.9 Å². The predicted octanol–water partition coefficient (Wildman–Crippen LogP) is 3.26. The molecule has 6 nitrogen and oxygen atoms in total. The third-order valence-electron chi connectivity index (χ3n) is 4.81. The van der Waals surface area contributed by atoms with Crippen molar-refractivity contribution in [1.29, 1.82) is 0 Å². The van der Waals surface area contributed by atoms with Gasteiger partial charge in [-0.2, -0.15) is 0 Å². The summed E-state index contributed by atoms with van der Waals surface area (Å²) in [6.07, 6.45) is 2.88. The second-order valence-electron chi connectivity index (χ2n) is 7.24. The van der Waals surface area contributed by atoms with E-state index in [1.165, 1.54) is 10.5 Å². The molecule has 152 valence electrons. The molecule has 0 N–H and O–H groups in total. The van der Waals surface area contributed by atoms with Gasteiger partial charge in [-0.25, -0.2) is 4.79 Å². The van der Waals surface area contributed by atoms with Crippen molar-refractivity contribution in [2.45, 2.75) is 6.54 Å². The molecule has 0 unspecified atom stereocenters. The number of allylic oxidation sites excluding steroid dienone is 1. The molecule has 1 aliphatic heterocycles. The summed E-state index contributed by atoms with van der Waals surface area (Å²) in [7, 11) is 3.20. The van der Waals surface area contributed by atoms with E-state index in [0.29, 0.717) is 5.56 Å². The molecule has 1 heterocycles. The second kappa shape index (κ2) is 9.89. The highest BCUT2D eigenvalue weighted by atomic mass is 16.6. The summed E-state index contributed by atoms with van der Waals surface area (Å²) in [4.78, 5) is 30.3. The average Bonchev–Trinajstić information content (AvgIpc) is 2.74. The van der Waals surface area contributed by atoms with Crippen LogP contribution in [-0.4, -0.2) is 66.9 Å². The normalized spacial score (nSPS) is 14.8. The van der Waals surface area contributed by atoms with Gasteiger partial charge < -0.3 is 14.5 Å². The molecule has 0 saturated carbocycles. The lowest BCUT2D eigenvalue weighted by Crippen LogP contribution is -2.43. The SMILES string of the molecule is CN(C)C(=O)Oc1ccccc1C(=O)C=CN1CCN(Cc2ccccc2)CC1. The molecule has 0 spiro atoms. The van der Waals surface area contributed by atoms with Gasteiger partial charge in [-0.05, 0) is 17.7 Å². The molecule has 3 rings (SSSR count). The molecular weight excluding hydrogens is 366 g/mol. The number of ether oxygens (including phenoxy) is 1. The van der Waals surface area contributed by atoms with Crippen molar-refractivity contribution >= 4 is 11.9 Å². The largest absolute Gasteiger partial charge is 0.414 e. The maximum absolute atomic E-state index is 12.6. The van der Waals surface area contributed by atoms with Gasteiger partial charge in [0.2, 0.25) is 0 Å². The van der Waals surface area contributed by atoms with E-state index in [9.17, 15) is 9.59 Å². The molecule has 1 amide bonds. The van der Waals surface area contributed by atoms with Gasteiger partial charge in [0.25, 0.3) is 0 Å². The number of rotatable bonds is 6. The molecule has 0 radical (unpaired) electrons. The number of carbonyl (C=O) groups excluding carboxylic acids is 2. The maximum atomic E-state index is 12.6. The Bertz CT molecular complexity index is 857. The Hall–Kier alpha value is -3.12. The molecular formula is C23H27N3O3. The van der Waals surface area contributed by atoms with Crippen LogP contribution in [0.25, 0.3) is 0 Å². The Balaban J connectivity index is 1.55. The summed E-state index contributed by atoms with van der Waals surface area (Å²) in [5.41, 5.74) is 1.69. The van der Waals surface area contributed by atoms with Crippen molar-refractivity contribution in [3.05, 3.63) is 78.0 Å². The van der Waals surface area contributed by atoms with Gasteiger partial charge in [0.1, 0.15) is 5.75 Å². The monoisotopic (exact) mass is 393 g/mol. The van der Waals surface area contributed by atoms with Crippen LogP contribution in [0.4, 0.5) is 4.79 Å². The van der Waals surface area contributed by atoms with E-state index in [1.54, 1.807) is 44.4 Å². The van der Waals surface area contributed by atoms with Gasteiger partial charge in [-0.15, -0.1) is 0 Å². The fourth-order valence-electron chi connectivity index (χ4n) is 3.12. The average molecular weight is 393 g/mol. The van der Waals surface area contributed by atoms with Gasteiger partial charge >= 0.3 is 6.09 Å². The standard InChI is InChI=1S/C23H27N3O3/c1-24(2)23(28)29-22-11-7-6-10-20(22)21(27)12-13-25-14-16-26(17-15-25)18-19-8-4-3-5-9-19/h3-13H,14-18H2,1-2H3. The molecule has 0 aromatic heterocycles. The molecule has 2 aromatic carbocycles. The van der Waals surface area contributed by atoms with E-state index in [-0.39, 0.29) is 11.5 Å². The molecule has 1 saturated heterocycles. The van der Waals surface area contributed by atoms with E-state index in [2.05, 4.69) is 34.1 Å². The van der Waals surface area contributed by atoms with E-state index >= 15 is 0 Å². The lowest BCUT2D eigenvalue weighted by atomic mass is 10.1. The number of ketones is 1. The Kier molecular flexibility index (Phi) is 7.03. The molecule has 1 aliphatic rings. The van der Waals surface area contributed by atoms with Crippen LogP contribution in [-0.2, 0) is 6.54 Å². The van der Waals surface area contributed by atoms with Gasteiger partial charge in [0.15, 0.2) is 5.78 Å². The first-order valence-corrected chi connectivity index (χ1v) is 9.74. The van der Waals surface area contributed by atoms with E-state index in [0.717, 1.165) is 32.7 Å². The number of carbonyl (C=O) groups is 2. The summed E-state index contributed by atoms with van der Waals surface area (Å²) < 4.78 is 5.30. The summed E-state index contributed by atoms with van der Waals surface area (Å²) in [6.45, 7) is 4.58. The van der Waals surface area contributed by atoms with E-state index in [1.807, 2.05) is 12.3 Å². The summed E-state index contributed by atoms with van der Waals surface area (Å²) >= 11 is 0. The highest BCUT2D eigenvalue weighted by Gasteiger charge is 2.17. The van der Waals surface area contributed by atoms with Crippen LogP contribution in [0.1, 0.15) is 15.9 Å². The number of amides is 1. The molecule has 6 heteroatoms. The van der Waals surface area contributed by atoms with Gasteiger partial charge in [-0.1, -0.05) is 42.5 Å². The Labute approximate surface area is 172 Å².